The van der Waals surface area contributed by atoms with E-state index in [0.717, 1.165) is 25.0 Å². The van der Waals surface area contributed by atoms with E-state index in [0.29, 0.717) is 0 Å². The van der Waals surface area contributed by atoms with Gasteiger partial charge in [0.1, 0.15) is 0 Å². The Kier molecular flexibility index (Phi) is 5.91. The number of hydrazine groups is 1. The number of likely N-dealkylation sites (N-methyl/N-ethyl adjacent to an activating group) is 1. The summed E-state index contributed by atoms with van der Waals surface area (Å²) in [7, 11) is 4.20. The lowest BCUT2D eigenvalue weighted by Gasteiger charge is -2.42. The average molecular weight is 264 g/mol. The number of hydrogen-bond acceptors (Lipinski definition) is 4. The van der Waals surface area contributed by atoms with E-state index in [2.05, 4.69) is 62.3 Å². The topological polar surface area (TPSA) is 54.2 Å². The average Bonchev–Trinajstić information content (AvgIpc) is 2.44. The van der Waals surface area contributed by atoms with E-state index < -0.39 is 0 Å². The lowest BCUT2D eigenvalue weighted by molar-refractivity contribution is 0.112. The zero-order chi connectivity index (χ0) is 14.5. The predicted octanol–water partition coefficient (Wildman–Crippen LogP) is 1.75. The van der Waals surface area contributed by atoms with Gasteiger partial charge < -0.3 is 4.90 Å². The number of aryl methyl sites for hydroxylation is 1. The van der Waals surface area contributed by atoms with Crippen molar-refractivity contribution in [2.75, 3.05) is 14.1 Å². The van der Waals surface area contributed by atoms with Crippen LogP contribution >= 0.6 is 0 Å². The summed E-state index contributed by atoms with van der Waals surface area (Å²) in [6.07, 6.45) is 4.85. The Morgan fingerprint density at radius 3 is 2.42 bits per heavy atom. The summed E-state index contributed by atoms with van der Waals surface area (Å²) in [4.78, 5) is 6.76. The minimum atomic E-state index is 0.0137. The Hall–Kier alpha value is -0.970. The molecule has 0 amide bonds. The lowest BCUT2D eigenvalue weighted by Crippen LogP contribution is -2.59. The summed E-state index contributed by atoms with van der Waals surface area (Å²) in [6, 6.07) is 4.43. The highest BCUT2D eigenvalue weighted by molar-refractivity contribution is 5.15. The van der Waals surface area contributed by atoms with Crippen LogP contribution in [0.25, 0.3) is 0 Å². The van der Waals surface area contributed by atoms with Crippen LogP contribution in [0.4, 0.5) is 0 Å². The first kappa shape index (κ1) is 16.1. The molecule has 0 aliphatic rings. The molecule has 0 bridgehead atoms. The van der Waals surface area contributed by atoms with Crippen LogP contribution in [0, 0.1) is 0 Å². The van der Waals surface area contributed by atoms with E-state index in [4.69, 9.17) is 5.84 Å². The van der Waals surface area contributed by atoms with Crippen molar-refractivity contribution < 1.29 is 0 Å². The zero-order valence-electron chi connectivity index (χ0n) is 12.9. The monoisotopic (exact) mass is 264 g/mol. The van der Waals surface area contributed by atoms with Gasteiger partial charge in [0.25, 0.3) is 0 Å². The normalized spacial score (nSPS) is 16.4. The van der Waals surface area contributed by atoms with Crippen molar-refractivity contribution in [3.8, 4) is 0 Å². The Morgan fingerprint density at radius 2 is 2.05 bits per heavy atom. The van der Waals surface area contributed by atoms with Crippen molar-refractivity contribution in [2.24, 2.45) is 5.84 Å². The first-order valence-electron chi connectivity index (χ1n) is 7.05. The van der Waals surface area contributed by atoms with Gasteiger partial charge in [-0.2, -0.15) is 0 Å². The van der Waals surface area contributed by atoms with E-state index in [1.54, 1.807) is 0 Å². The highest BCUT2D eigenvalue weighted by atomic mass is 15.3. The summed E-state index contributed by atoms with van der Waals surface area (Å²) in [5.41, 5.74) is 5.34. The van der Waals surface area contributed by atoms with Crippen LogP contribution in [0.2, 0.25) is 0 Å². The lowest BCUT2D eigenvalue weighted by atomic mass is 9.85. The fourth-order valence-corrected chi connectivity index (χ4v) is 2.33. The third-order valence-corrected chi connectivity index (χ3v) is 4.40. The van der Waals surface area contributed by atoms with Crippen molar-refractivity contribution in [1.29, 1.82) is 0 Å². The molecule has 19 heavy (non-hydrogen) atoms. The first-order chi connectivity index (χ1) is 8.97. The Morgan fingerprint density at radius 1 is 1.37 bits per heavy atom. The Labute approximate surface area is 117 Å². The van der Waals surface area contributed by atoms with Crippen molar-refractivity contribution in [3.63, 3.8) is 0 Å². The zero-order valence-corrected chi connectivity index (χ0v) is 12.9. The van der Waals surface area contributed by atoms with Crippen molar-refractivity contribution >= 4 is 0 Å². The quantitative estimate of drug-likeness (QED) is 0.582. The number of nitrogens with two attached hydrogens (primary N) is 1. The molecular weight excluding hydrogens is 236 g/mol. The van der Waals surface area contributed by atoms with Crippen LogP contribution < -0.4 is 11.3 Å². The maximum Gasteiger partial charge on any atom is 0.0447 e. The number of nitrogens with zero attached hydrogens (tertiary/aromatic N) is 2. The van der Waals surface area contributed by atoms with Crippen LogP contribution in [0.5, 0.6) is 0 Å². The Balaban J connectivity index is 2.86. The van der Waals surface area contributed by atoms with Gasteiger partial charge in [-0.05, 0) is 45.5 Å². The molecule has 1 aromatic rings. The van der Waals surface area contributed by atoms with E-state index in [9.17, 15) is 0 Å². The largest absolute Gasteiger partial charge is 0.302 e. The van der Waals surface area contributed by atoms with Gasteiger partial charge in [-0.15, -0.1) is 0 Å². The van der Waals surface area contributed by atoms with Crippen molar-refractivity contribution in [2.45, 2.75) is 51.6 Å². The molecule has 0 aliphatic carbocycles. The molecule has 1 heterocycles. The SMILES string of the molecule is CCc1ccc(CC(NN)C(C)(CC)N(C)C)nc1. The summed E-state index contributed by atoms with van der Waals surface area (Å²) in [5, 5.41) is 0. The molecule has 4 heteroatoms. The molecule has 3 N–H and O–H groups in total. The number of pyridine rings is 1. The Bertz CT molecular complexity index is 374. The highest BCUT2D eigenvalue weighted by Gasteiger charge is 2.34. The number of nitrogens with one attached hydrogen (secondary N) is 1. The molecule has 1 rings (SSSR count). The molecular formula is C15H28N4. The van der Waals surface area contributed by atoms with E-state index in [-0.39, 0.29) is 11.6 Å². The fraction of sp³-hybridized carbons (Fsp3) is 0.667. The van der Waals surface area contributed by atoms with Gasteiger partial charge in [-0.1, -0.05) is 19.9 Å². The van der Waals surface area contributed by atoms with Crippen LogP contribution in [-0.4, -0.2) is 35.6 Å². The van der Waals surface area contributed by atoms with Gasteiger partial charge in [0.05, 0.1) is 0 Å². The molecule has 0 aliphatic heterocycles. The van der Waals surface area contributed by atoms with Crippen LogP contribution in [0.1, 0.15) is 38.4 Å². The van der Waals surface area contributed by atoms with Gasteiger partial charge >= 0.3 is 0 Å². The summed E-state index contributed by atoms with van der Waals surface area (Å²) >= 11 is 0. The molecule has 4 nitrogen and oxygen atoms in total. The maximum atomic E-state index is 5.77. The fourth-order valence-electron chi connectivity index (χ4n) is 2.33. The summed E-state index contributed by atoms with van der Waals surface area (Å²) in [6.45, 7) is 6.57. The third-order valence-electron chi connectivity index (χ3n) is 4.40. The second-order valence-electron chi connectivity index (χ2n) is 5.54. The van der Waals surface area contributed by atoms with Crippen molar-refractivity contribution in [3.05, 3.63) is 29.6 Å². The van der Waals surface area contributed by atoms with Gasteiger partial charge in [0.15, 0.2) is 0 Å². The van der Waals surface area contributed by atoms with Crippen LogP contribution in [0.15, 0.2) is 18.3 Å². The van der Waals surface area contributed by atoms with Crippen LogP contribution in [0.3, 0.4) is 0 Å². The second kappa shape index (κ2) is 6.98. The standard InChI is InChI=1S/C15H28N4/c1-6-12-8-9-13(17-11-12)10-14(18-16)15(3,7-2)19(4)5/h8-9,11,14,18H,6-7,10,16H2,1-5H3. The smallest absolute Gasteiger partial charge is 0.0447 e. The first-order valence-corrected chi connectivity index (χ1v) is 7.05. The van der Waals surface area contributed by atoms with Gasteiger partial charge in [-0.3, -0.25) is 16.3 Å². The molecule has 2 atom stereocenters. The molecule has 0 aromatic carbocycles. The van der Waals surface area contributed by atoms with Gasteiger partial charge in [0.2, 0.25) is 0 Å². The number of hydrogen-bond donors (Lipinski definition) is 2. The minimum absolute atomic E-state index is 0.0137. The van der Waals surface area contributed by atoms with E-state index >= 15 is 0 Å². The molecule has 0 radical (unpaired) electrons. The van der Waals surface area contributed by atoms with E-state index in [1.165, 1.54) is 5.56 Å². The highest BCUT2D eigenvalue weighted by Crippen LogP contribution is 2.23. The molecule has 108 valence electrons. The molecule has 0 fully saturated rings. The molecule has 0 saturated carbocycles. The third kappa shape index (κ3) is 3.75. The van der Waals surface area contributed by atoms with Crippen molar-refractivity contribution in [1.82, 2.24) is 15.3 Å². The summed E-state index contributed by atoms with van der Waals surface area (Å²) in [5.74, 6) is 5.77. The number of rotatable bonds is 7. The molecule has 2 unspecified atom stereocenters. The number of aromatic nitrogens is 1. The molecule has 1 aromatic heterocycles. The van der Waals surface area contributed by atoms with E-state index in [1.807, 2.05) is 6.20 Å². The summed E-state index contributed by atoms with van der Waals surface area (Å²) < 4.78 is 0. The predicted molar refractivity (Wildman–Crippen MR) is 80.8 cm³/mol. The molecule has 0 spiro atoms. The van der Waals surface area contributed by atoms with Gasteiger partial charge in [0, 0.05) is 29.9 Å². The second-order valence-corrected chi connectivity index (χ2v) is 5.54. The maximum absolute atomic E-state index is 5.77. The molecule has 0 saturated heterocycles. The minimum Gasteiger partial charge on any atom is -0.302 e. The van der Waals surface area contributed by atoms with Crippen LogP contribution in [-0.2, 0) is 12.8 Å². The van der Waals surface area contributed by atoms with Gasteiger partial charge in [-0.25, -0.2) is 0 Å².